The van der Waals surface area contributed by atoms with Crippen LogP contribution in [0.5, 0.6) is 0 Å². The van der Waals surface area contributed by atoms with Gasteiger partial charge in [-0.15, -0.1) is 0 Å². The first-order chi connectivity index (χ1) is 7.75. The zero-order valence-corrected chi connectivity index (χ0v) is 10.6. The molecule has 1 aliphatic carbocycles. The first-order valence-corrected chi connectivity index (χ1v) is 5.62. The molecule has 2 aliphatic rings. The second kappa shape index (κ2) is 3.39. The van der Waals surface area contributed by atoms with Crippen LogP contribution >= 0.6 is 0 Å². The minimum atomic E-state index is -0.569. The molecule has 0 saturated carbocycles. The monoisotopic (exact) mass is 230 g/mol. The van der Waals surface area contributed by atoms with Gasteiger partial charge in [-0.05, 0) is 44.6 Å². The van der Waals surface area contributed by atoms with E-state index in [0.29, 0.717) is 5.82 Å². The first-order valence-electron chi connectivity index (χ1n) is 5.62. The smallest absolute Gasteiger partial charge is 0.364 e. The lowest BCUT2D eigenvalue weighted by Gasteiger charge is -2.21. The van der Waals surface area contributed by atoms with Gasteiger partial charge in [0.05, 0.1) is 5.57 Å². The van der Waals surface area contributed by atoms with E-state index < -0.39 is 11.1 Å². The summed E-state index contributed by atoms with van der Waals surface area (Å²) >= 11 is 0. The summed E-state index contributed by atoms with van der Waals surface area (Å²) in [5.74, 6) is 0.431. The van der Waals surface area contributed by atoms with E-state index in [1.54, 1.807) is 24.3 Å². The molecule has 0 aromatic carbocycles. The quantitative estimate of drug-likeness (QED) is 0.589. The van der Waals surface area contributed by atoms with E-state index in [2.05, 4.69) is 5.32 Å². The van der Waals surface area contributed by atoms with Crippen molar-refractivity contribution in [1.82, 2.24) is 5.32 Å². The van der Waals surface area contributed by atoms with Crippen molar-refractivity contribution in [2.24, 2.45) is 0 Å². The van der Waals surface area contributed by atoms with E-state index in [-0.39, 0.29) is 5.71 Å². The third kappa shape index (κ3) is 1.64. The second-order valence-corrected chi connectivity index (χ2v) is 5.39. The van der Waals surface area contributed by atoms with Crippen LogP contribution in [0.4, 0.5) is 0 Å². The van der Waals surface area contributed by atoms with Gasteiger partial charge in [0.2, 0.25) is 0 Å². The fourth-order valence-corrected chi connectivity index (χ4v) is 1.75. The van der Waals surface area contributed by atoms with E-state index in [0.717, 1.165) is 10.3 Å². The molecule has 0 aromatic heterocycles. The van der Waals surface area contributed by atoms with E-state index >= 15 is 0 Å². The third-order valence-corrected chi connectivity index (χ3v) is 3.71. The van der Waals surface area contributed by atoms with Crippen molar-refractivity contribution >= 4 is 5.71 Å². The highest BCUT2D eigenvalue weighted by atomic mass is 16.3. The number of hydrogen-bond acceptors (Lipinski definition) is 1. The number of hydrogen-bond donors (Lipinski definition) is 0. The second-order valence-electron chi connectivity index (χ2n) is 5.39. The molecule has 1 radical (unpaired) electrons. The van der Waals surface area contributed by atoms with Crippen molar-refractivity contribution in [3.63, 3.8) is 0 Å². The molecule has 0 aromatic rings. The predicted molar refractivity (Wildman–Crippen MR) is 67.6 cm³/mol. The van der Waals surface area contributed by atoms with E-state index in [1.807, 2.05) is 27.7 Å². The molecule has 89 valence electrons. The fraction of sp³-hybridized carbons (Fsp3) is 0.462. The van der Waals surface area contributed by atoms with Gasteiger partial charge >= 0.3 is 5.82 Å². The first kappa shape index (κ1) is 11.8. The zero-order valence-electron chi connectivity index (χ0n) is 10.6. The molecule has 17 heavy (non-hydrogen) atoms. The molecule has 1 fully saturated rings. The molecule has 0 N–H and O–H groups in total. The van der Waals surface area contributed by atoms with Gasteiger partial charge in [0.1, 0.15) is 0 Å². The molecule has 0 spiro atoms. The lowest BCUT2D eigenvalue weighted by atomic mass is 9.85. The average molecular weight is 230 g/mol. The van der Waals surface area contributed by atoms with Gasteiger partial charge < -0.3 is 5.41 Å². The zero-order chi connectivity index (χ0) is 12.8. The molecule has 0 unspecified atom stereocenters. The standard InChI is InChI=1S/C13H16N3O/c1-12(2)13(3,4)16(17)11(15-12)9-5-7-10(14)8-6-9/h5-8H,1-4H3. The van der Waals surface area contributed by atoms with Crippen LogP contribution < -0.4 is 5.32 Å². The predicted octanol–water partition coefficient (Wildman–Crippen LogP) is 2.29. The highest BCUT2D eigenvalue weighted by molar-refractivity contribution is 6.08. The largest absolute Gasteiger partial charge is 0.804 e. The lowest BCUT2D eigenvalue weighted by molar-refractivity contribution is -0.565. The van der Waals surface area contributed by atoms with Crippen molar-refractivity contribution in [2.45, 2.75) is 38.8 Å². The van der Waals surface area contributed by atoms with Crippen LogP contribution in [0.15, 0.2) is 35.7 Å². The summed E-state index contributed by atoms with van der Waals surface area (Å²) in [5, 5.41) is 13.7. The van der Waals surface area contributed by atoms with Crippen molar-refractivity contribution in [2.75, 3.05) is 0 Å². The Hall–Kier alpha value is -1.71. The Morgan fingerprint density at radius 1 is 1.12 bits per heavy atom. The molecular weight excluding hydrogens is 214 g/mol. The summed E-state index contributed by atoms with van der Waals surface area (Å²) in [4.78, 5) is 12.3. The summed E-state index contributed by atoms with van der Waals surface area (Å²) < 4.78 is 0.958. The van der Waals surface area contributed by atoms with Crippen LogP contribution in [0.2, 0.25) is 0 Å². The maximum absolute atomic E-state index is 12.3. The van der Waals surface area contributed by atoms with Gasteiger partial charge in [-0.3, -0.25) is 0 Å². The van der Waals surface area contributed by atoms with Crippen molar-refractivity contribution < 1.29 is 4.76 Å². The lowest BCUT2D eigenvalue weighted by Crippen LogP contribution is -2.48. The Morgan fingerprint density at radius 2 is 1.65 bits per heavy atom. The van der Waals surface area contributed by atoms with Gasteiger partial charge in [-0.25, -0.2) is 0 Å². The molecule has 0 bridgehead atoms. The number of rotatable bonds is 0. The van der Waals surface area contributed by atoms with Gasteiger partial charge in [0.25, 0.3) is 0 Å². The van der Waals surface area contributed by atoms with Crippen LogP contribution in [-0.2, 0) is 0 Å². The number of nitroso groups, excluding NO2 is 1. The molecular formula is C13H16N3O. The molecule has 1 aliphatic heterocycles. The molecule has 0 amide bonds. The summed E-state index contributed by atoms with van der Waals surface area (Å²) in [7, 11) is 0. The molecule has 1 heterocycles. The van der Waals surface area contributed by atoms with Crippen molar-refractivity contribution in [3.8, 4) is 0 Å². The van der Waals surface area contributed by atoms with Gasteiger partial charge in [0.15, 0.2) is 11.1 Å². The number of allylic oxidation sites excluding steroid dienone is 5. The van der Waals surface area contributed by atoms with Gasteiger partial charge in [-0.2, -0.15) is 5.71 Å². The Balaban J connectivity index is 2.48. The van der Waals surface area contributed by atoms with Gasteiger partial charge in [-0.1, -0.05) is 22.4 Å². The van der Waals surface area contributed by atoms with Crippen LogP contribution in [0.1, 0.15) is 27.7 Å². The summed E-state index contributed by atoms with van der Waals surface area (Å²) in [5.41, 5.74) is -0.0814. The van der Waals surface area contributed by atoms with Crippen LogP contribution in [-0.4, -0.2) is 21.5 Å². The van der Waals surface area contributed by atoms with Gasteiger partial charge in [0, 0.05) is 0 Å². The summed E-state index contributed by atoms with van der Waals surface area (Å²) in [6.45, 7) is 7.67. The third-order valence-electron chi connectivity index (χ3n) is 3.71. The van der Waals surface area contributed by atoms with E-state index in [9.17, 15) is 10.3 Å². The summed E-state index contributed by atoms with van der Waals surface area (Å²) in [6.07, 6.45) is 6.53. The minimum absolute atomic E-state index is 0.184. The SMILES string of the molecule is CC1(C)[N]C(=C2C=CC(=[N-])C=C2)[N+](=O)C1(C)C. The van der Waals surface area contributed by atoms with E-state index in [4.69, 9.17) is 0 Å². The maximum Gasteiger partial charge on any atom is 0.364 e. The average Bonchev–Trinajstić information content (AvgIpc) is 2.40. The molecule has 0 atom stereocenters. The van der Waals surface area contributed by atoms with Crippen molar-refractivity contribution in [1.29, 1.82) is 0 Å². The summed E-state index contributed by atoms with van der Waals surface area (Å²) in [6, 6.07) is 0. The van der Waals surface area contributed by atoms with Crippen LogP contribution in [0, 0.1) is 4.91 Å². The van der Waals surface area contributed by atoms with E-state index in [1.165, 1.54) is 0 Å². The normalized spacial score (nSPS) is 25.4. The highest BCUT2D eigenvalue weighted by Gasteiger charge is 2.62. The Morgan fingerprint density at radius 3 is 2.06 bits per heavy atom. The fourth-order valence-electron chi connectivity index (χ4n) is 1.75. The number of nitrogens with zero attached hydrogens (tertiary/aromatic N) is 3. The highest BCUT2D eigenvalue weighted by Crippen LogP contribution is 2.37. The molecule has 2 rings (SSSR count). The molecule has 4 heteroatoms. The Bertz CT molecular complexity index is 475. The van der Waals surface area contributed by atoms with Crippen molar-refractivity contribution in [3.05, 3.63) is 46.0 Å². The van der Waals surface area contributed by atoms with Crippen LogP contribution in [0.3, 0.4) is 0 Å². The minimum Gasteiger partial charge on any atom is -0.804 e. The molecule has 1 saturated heterocycles. The maximum atomic E-state index is 12.3. The topological polar surface area (TPSA) is 56.5 Å². The Labute approximate surface area is 101 Å². The molecule has 4 nitrogen and oxygen atoms in total. The van der Waals surface area contributed by atoms with Crippen LogP contribution in [0.25, 0.3) is 5.41 Å². The Kier molecular flexibility index (Phi) is 2.35.